The molecule has 0 N–H and O–H groups in total. The van der Waals surface area contributed by atoms with E-state index in [0.29, 0.717) is 25.7 Å². The molecule has 35 heavy (non-hydrogen) atoms. The molecule has 1 aliphatic carbocycles. The minimum absolute atomic E-state index is 0.355. The zero-order chi connectivity index (χ0) is 24.4. The first kappa shape index (κ1) is 23.1. The third-order valence-electron chi connectivity index (χ3n) is 7.34. The van der Waals surface area contributed by atoms with Gasteiger partial charge >= 0.3 is 0 Å². The van der Waals surface area contributed by atoms with Crippen LogP contribution in [0.1, 0.15) is 50.7 Å². The molecule has 4 aromatic rings. The van der Waals surface area contributed by atoms with Crippen LogP contribution in [0.2, 0.25) is 0 Å². The number of fused-ring (bicyclic) bond motifs is 4. The van der Waals surface area contributed by atoms with Crippen molar-refractivity contribution in [2.24, 2.45) is 0 Å². The van der Waals surface area contributed by atoms with Crippen molar-refractivity contribution in [3.05, 3.63) is 71.8 Å². The van der Waals surface area contributed by atoms with Gasteiger partial charge in [-0.3, -0.25) is 0 Å². The summed E-state index contributed by atoms with van der Waals surface area (Å²) in [4.78, 5) is 7.25. The van der Waals surface area contributed by atoms with E-state index in [-0.39, 0.29) is 5.41 Å². The van der Waals surface area contributed by atoms with E-state index in [2.05, 4.69) is 79.4 Å². The summed E-state index contributed by atoms with van der Waals surface area (Å²) in [6, 6.07) is 26.4. The quantitative estimate of drug-likeness (QED) is 0.261. The normalized spacial score (nSPS) is 13.1. The Labute approximate surface area is 211 Å². The molecule has 3 aromatic carbocycles. The number of nitriles is 2. The van der Waals surface area contributed by atoms with E-state index in [1.54, 1.807) is 11.3 Å². The molecule has 0 saturated heterocycles. The second-order valence-electron chi connectivity index (χ2n) is 9.05. The molecule has 0 radical (unpaired) electrons. The van der Waals surface area contributed by atoms with Crippen molar-refractivity contribution in [2.75, 3.05) is 18.0 Å². The highest BCUT2D eigenvalue weighted by Gasteiger charge is 2.43. The van der Waals surface area contributed by atoms with Crippen molar-refractivity contribution in [3.8, 4) is 33.8 Å². The van der Waals surface area contributed by atoms with E-state index < -0.39 is 0 Å². The van der Waals surface area contributed by atoms with Gasteiger partial charge in [-0.15, -0.1) is 11.3 Å². The van der Waals surface area contributed by atoms with Crippen molar-refractivity contribution < 1.29 is 0 Å². The summed E-state index contributed by atoms with van der Waals surface area (Å²) in [5, 5.41) is 20.1. The summed E-state index contributed by atoms with van der Waals surface area (Å²) < 4.78 is 1.18. The third-order valence-corrected chi connectivity index (χ3v) is 8.43. The molecule has 1 aromatic heterocycles. The van der Waals surface area contributed by atoms with Crippen LogP contribution >= 0.6 is 11.3 Å². The summed E-state index contributed by atoms with van der Waals surface area (Å²) >= 11 is 1.71. The Morgan fingerprint density at radius 3 is 2.17 bits per heavy atom. The van der Waals surface area contributed by atoms with E-state index in [1.807, 2.05) is 12.1 Å². The Morgan fingerprint density at radius 1 is 0.857 bits per heavy atom. The molecule has 0 amide bonds. The molecule has 0 aliphatic heterocycles. The average Bonchev–Trinajstić information content (AvgIpc) is 3.44. The van der Waals surface area contributed by atoms with Crippen LogP contribution in [0.3, 0.4) is 0 Å². The summed E-state index contributed by atoms with van der Waals surface area (Å²) in [6.45, 7) is 6.23. The van der Waals surface area contributed by atoms with Crippen molar-refractivity contribution >= 4 is 27.2 Å². The summed E-state index contributed by atoms with van der Waals surface area (Å²) in [7, 11) is 0. The molecule has 0 bridgehead atoms. The molecular formula is C30H28N4S. The van der Waals surface area contributed by atoms with Crippen LogP contribution in [-0.4, -0.2) is 18.1 Å². The lowest BCUT2D eigenvalue weighted by Crippen LogP contribution is -2.27. The summed E-state index contributed by atoms with van der Waals surface area (Å²) in [5.74, 6) is 0. The summed E-state index contributed by atoms with van der Waals surface area (Å²) in [6.07, 6.45) is 2.31. The molecule has 174 valence electrons. The second-order valence-corrected chi connectivity index (χ2v) is 10.1. The van der Waals surface area contributed by atoms with Gasteiger partial charge in [0.25, 0.3) is 0 Å². The molecule has 1 heterocycles. The topological polar surface area (TPSA) is 63.7 Å². The minimum Gasteiger partial charge on any atom is -0.372 e. The maximum Gasteiger partial charge on any atom is 0.124 e. The van der Waals surface area contributed by atoms with Crippen LogP contribution in [0.4, 0.5) is 5.69 Å². The highest BCUT2D eigenvalue weighted by Crippen LogP contribution is 2.55. The Morgan fingerprint density at radius 2 is 1.51 bits per heavy atom. The lowest BCUT2D eigenvalue weighted by Gasteiger charge is -2.32. The number of nitrogens with zero attached hydrogens (tertiary/aromatic N) is 4. The molecule has 0 atom stereocenters. The Balaban J connectivity index is 1.71. The minimum atomic E-state index is -0.355. The Hall–Kier alpha value is -3.67. The van der Waals surface area contributed by atoms with Crippen LogP contribution in [-0.2, 0) is 5.41 Å². The molecule has 0 spiro atoms. The summed E-state index contributed by atoms with van der Waals surface area (Å²) in [5.41, 5.74) is 7.88. The van der Waals surface area contributed by atoms with Crippen molar-refractivity contribution in [2.45, 2.75) is 44.9 Å². The number of benzene rings is 3. The predicted molar refractivity (Wildman–Crippen MR) is 145 cm³/mol. The largest absolute Gasteiger partial charge is 0.372 e. The fraction of sp³-hybridized carbons (Fsp3) is 0.300. The van der Waals surface area contributed by atoms with Gasteiger partial charge in [0.05, 0.1) is 22.4 Å². The number of para-hydroxylation sites is 1. The smallest absolute Gasteiger partial charge is 0.124 e. The van der Waals surface area contributed by atoms with E-state index in [4.69, 9.17) is 4.98 Å². The zero-order valence-electron chi connectivity index (χ0n) is 20.2. The number of aromatic nitrogens is 1. The van der Waals surface area contributed by atoms with Gasteiger partial charge in [-0.05, 0) is 79.3 Å². The number of thiazole rings is 1. The maximum atomic E-state index is 9.56. The van der Waals surface area contributed by atoms with Gasteiger partial charge in [-0.25, -0.2) is 4.98 Å². The number of hydrogen-bond acceptors (Lipinski definition) is 5. The van der Waals surface area contributed by atoms with Gasteiger partial charge in [-0.1, -0.05) is 30.3 Å². The predicted octanol–water partition coefficient (Wildman–Crippen LogP) is 7.68. The van der Waals surface area contributed by atoms with Crippen LogP contribution in [0, 0.1) is 22.7 Å². The number of rotatable bonds is 8. The molecule has 5 heteroatoms. The zero-order valence-corrected chi connectivity index (χ0v) is 21.0. The van der Waals surface area contributed by atoms with Crippen molar-refractivity contribution in [1.82, 2.24) is 4.98 Å². The van der Waals surface area contributed by atoms with Crippen molar-refractivity contribution in [1.29, 1.82) is 10.5 Å². The first-order valence-electron chi connectivity index (χ1n) is 12.3. The van der Waals surface area contributed by atoms with E-state index in [9.17, 15) is 10.5 Å². The van der Waals surface area contributed by atoms with Crippen molar-refractivity contribution in [3.63, 3.8) is 0 Å². The van der Waals surface area contributed by atoms with Gasteiger partial charge < -0.3 is 4.90 Å². The number of hydrogen-bond donors (Lipinski definition) is 0. The highest BCUT2D eigenvalue weighted by atomic mass is 32.1. The highest BCUT2D eigenvalue weighted by molar-refractivity contribution is 7.21. The van der Waals surface area contributed by atoms with E-state index in [1.165, 1.54) is 32.6 Å². The monoisotopic (exact) mass is 476 g/mol. The van der Waals surface area contributed by atoms with E-state index >= 15 is 0 Å². The lowest BCUT2D eigenvalue weighted by molar-refractivity contribution is 0.458. The Bertz CT molecular complexity index is 1410. The molecule has 0 fully saturated rings. The van der Waals surface area contributed by atoms with Crippen LogP contribution < -0.4 is 4.90 Å². The van der Waals surface area contributed by atoms with Gasteiger partial charge in [0.2, 0.25) is 0 Å². The van der Waals surface area contributed by atoms with Crippen LogP contribution in [0.15, 0.2) is 60.7 Å². The second kappa shape index (κ2) is 9.53. The first-order chi connectivity index (χ1) is 17.1. The van der Waals surface area contributed by atoms with Gasteiger partial charge in [0, 0.05) is 42.6 Å². The maximum absolute atomic E-state index is 9.56. The van der Waals surface area contributed by atoms with Crippen LogP contribution in [0.5, 0.6) is 0 Å². The molecule has 1 aliphatic rings. The van der Waals surface area contributed by atoms with Gasteiger partial charge in [0.15, 0.2) is 0 Å². The fourth-order valence-corrected chi connectivity index (χ4v) is 6.56. The molecule has 4 nitrogen and oxygen atoms in total. The Kier molecular flexibility index (Phi) is 6.29. The molecule has 0 saturated carbocycles. The van der Waals surface area contributed by atoms with Gasteiger partial charge in [0.1, 0.15) is 5.01 Å². The molecule has 0 unspecified atom stereocenters. The first-order valence-corrected chi connectivity index (χ1v) is 13.1. The molecule has 5 rings (SSSR count). The molecular weight excluding hydrogens is 448 g/mol. The van der Waals surface area contributed by atoms with Gasteiger partial charge in [-0.2, -0.15) is 10.5 Å². The SMILES string of the molecule is CCN(CC)c1ccc2c(c1)C(CCC#N)(CCC#N)c1cc(-c3nc4ccccc4s3)ccc1-2. The van der Waals surface area contributed by atoms with Crippen LogP contribution in [0.25, 0.3) is 31.9 Å². The fourth-order valence-electron chi connectivity index (χ4n) is 5.60. The van der Waals surface area contributed by atoms with E-state index in [0.717, 1.165) is 29.2 Å². The standard InChI is InChI=1S/C30H28N4S/c1-3-34(4-2)22-12-14-24-23-13-11-21(29-33-27-9-5-6-10-28(27)35-29)19-25(23)30(15-7-17-31,16-8-18-32)26(24)20-22/h5-6,9-14,19-20H,3-4,7-8,15-16H2,1-2H3. The lowest BCUT2D eigenvalue weighted by atomic mass is 9.71. The average molecular weight is 477 g/mol. The third kappa shape index (κ3) is 3.87. The number of anilines is 1.